The van der Waals surface area contributed by atoms with Crippen LogP contribution < -0.4 is 0 Å². The fourth-order valence-electron chi connectivity index (χ4n) is 2.93. The summed E-state index contributed by atoms with van der Waals surface area (Å²) in [6, 6.07) is 6.67. The van der Waals surface area contributed by atoms with E-state index >= 15 is 0 Å². The third-order valence-electron chi connectivity index (χ3n) is 4.03. The standard InChI is InChI=1S/C15H23NO3S/c1-11-6-4-7-12(2)16(11)20(18,19)15-9-5-8-14(10-15)13(3)17/h5,8-13,17H,4,6-7H2,1-3H3. The highest BCUT2D eigenvalue weighted by Gasteiger charge is 2.35. The van der Waals surface area contributed by atoms with Crippen molar-refractivity contribution >= 4 is 10.0 Å². The Kier molecular flexibility index (Phi) is 4.52. The van der Waals surface area contributed by atoms with Crippen LogP contribution in [-0.2, 0) is 10.0 Å². The Hall–Kier alpha value is -0.910. The van der Waals surface area contributed by atoms with E-state index in [0.717, 1.165) is 19.3 Å². The molecule has 1 heterocycles. The molecule has 0 aliphatic carbocycles. The largest absolute Gasteiger partial charge is 0.389 e. The zero-order valence-electron chi connectivity index (χ0n) is 12.3. The first-order valence-corrected chi connectivity index (χ1v) is 8.59. The van der Waals surface area contributed by atoms with E-state index in [1.807, 2.05) is 13.8 Å². The van der Waals surface area contributed by atoms with Crippen molar-refractivity contribution in [1.82, 2.24) is 4.31 Å². The monoisotopic (exact) mass is 297 g/mol. The molecule has 1 aliphatic rings. The molecule has 3 unspecified atom stereocenters. The lowest BCUT2D eigenvalue weighted by Gasteiger charge is -2.37. The van der Waals surface area contributed by atoms with Crippen LogP contribution in [0.5, 0.6) is 0 Å². The second-order valence-electron chi connectivity index (χ2n) is 5.71. The van der Waals surface area contributed by atoms with Crippen molar-refractivity contribution in [3.63, 3.8) is 0 Å². The van der Waals surface area contributed by atoms with Gasteiger partial charge in [-0.15, -0.1) is 0 Å². The summed E-state index contributed by atoms with van der Waals surface area (Å²) in [7, 11) is -3.49. The van der Waals surface area contributed by atoms with E-state index in [1.165, 1.54) is 0 Å². The summed E-state index contributed by atoms with van der Waals surface area (Å²) in [5, 5.41) is 9.62. The first-order valence-electron chi connectivity index (χ1n) is 7.15. The van der Waals surface area contributed by atoms with Gasteiger partial charge in [0.1, 0.15) is 0 Å². The molecule has 3 atom stereocenters. The molecule has 0 saturated carbocycles. The molecule has 112 valence electrons. The lowest BCUT2D eigenvalue weighted by molar-refractivity contribution is 0.198. The molecule has 20 heavy (non-hydrogen) atoms. The summed E-state index contributed by atoms with van der Waals surface area (Å²) in [4.78, 5) is 0.275. The number of benzene rings is 1. The number of hydrogen-bond donors (Lipinski definition) is 1. The van der Waals surface area contributed by atoms with Crippen molar-refractivity contribution in [1.29, 1.82) is 0 Å². The Bertz CT molecular complexity index is 558. The number of nitrogens with zero attached hydrogens (tertiary/aromatic N) is 1. The molecule has 1 aromatic rings. The summed E-state index contributed by atoms with van der Waals surface area (Å²) < 4.78 is 27.3. The van der Waals surface area contributed by atoms with Crippen LogP contribution in [-0.4, -0.2) is 29.9 Å². The Morgan fingerprint density at radius 2 is 1.85 bits per heavy atom. The number of piperidine rings is 1. The summed E-state index contributed by atoms with van der Waals surface area (Å²) in [6.07, 6.45) is 2.21. The Morgan fingerprint density at radius 3 is 2.40 bits per heavy atom. The van der Waals surface area contributed by atoms with Crippen molar-refractivity contribution in [2.75, 3.05) is 0 Å². The van der Waals surface area contributed by atoms with Gasteiger partial charge in [0.05, 0.1) is 11.0 Å². The number of aliphatic hydroxyl groups excluding tert-OH is 1. The minimum atomic E-state index is -3.49. The Morgan fingerprint density at radius 1 is 1.25 bits per heavy atom. The predicted molar refractivity (Wildman–Crippen MR) is 78.9 cm³/mol. The summed E-state index contributed by atoms with van der Waals surface area (Å²) in [5.41, 5.74) is 0.628. The van der Waals surface area contributed by atoms with Crippen molar-refractivity contribution in [2.24, 2.45) is 0 Å². The highest BCUT2D eigenvalue weighted by atomic mass is 32.2. The normalized spacial score (nSPS) is 26.4. The molecule has 0 aromatic heterocycles. The van der Waals surface area contributed by atoms with Gasteiger partial charge in [-0.2, -0.15) is 4.31 Å². The van der Waals surface area contributed by atoms with Crippen LogP contribution in [0.2, 0.25) is 0 Å². The molecular weight excluding hydrogens is 274 g/mol. The van der Waals surface area contributed by atoms with Crippen LogP contribution in [0.3, 0.4) is 0 Å². The SMILES string of the molecule is CC(O)c1cccc(S(=O)(=O)N2C(C)CCCC2C)c1. The van der Waals surface area contributed by atoms with E-state index in [-0.39, 0.29) is 17.0 Å². The van der Waals surface area contributed by atoms with Gasteiger partial charge in [-0.05, 0) is 51.3 Å². The van der Waals surface area contributed by atoms with Gasteiger partial charge in [0, 0.05) is 12.1 Å². The predicted octanol–water partition coefficient (Wildman–Crippen LogP) is 2.69. The van der Waals surface area contributed by atoms with Crippen LogP contribution in [0.15, 0.2) is 29.2 Å². The zero-order chi connectivity index (χ0) is 14.9. The molecule has 1 aromatic carbocycles. The zero-order valence-corrected chi connectivity index (χ0v) is 13.1. The van der Waals surface area contributed by atoms with Crippen molar-refractivity contribution in [2.45, 2.75) is 63.1 Å². The maximum absolute atomic E-state index is 12.8. The third kappa shape index (κ3) is 2.90. The molecule has 1 aliphatic heterocycles. The lowest BCUT2D eigenvalue weighted by atomic mass is 10.0. The molecule has 1 fully saturated rings. The van der Waals surface area contributed by atoms with Crippen LogP contribution in [0.1, 0.15) is 51.7 Å². The lowest BCUT2D eigenvalue weighted by Crippen LogP contribution is -2.47. The quantitative estimate of drug-likeness (QED) is 0.933. The minimum Gasteiger partial charge on any atom is -0.389 e. The van der Waals surface area contributed by atoms with Crippen LogP contribution in [0, 0.1) is 0 Å². The minimum absolute atomic E-state index is 0.0268. The van der Waals surface area contributed by atoms with Crippen LogP contribution >= 0.6 is 0 Å². The van der Waals surface area contributed by atoms with Crippen LogP contribution in [0.4, 0.5) is 0 Å². The summed E-state index contributed by atoms with van der Waals surface area (Å²) in [6.45, 7) is 5.56. The van der Waals surface area contributed by atoms with E-state index in [0.29, 0.717) is 5.56 Å². The molecule has 4 nitrogen and oxygen atoms in total. The molecule has 0 amide bonds. The molecule has 1 saturated heterocycles. The fourth-order valence-corrected chi connectivity index (χ4v) is 4.87. The van der Waals surface area contributed by atoms with Gasteiger partial charge in [-0.3, -0.25) is 0 Å². The average Bonchev–Trinajstić information content (AvgIpc) is 2.38. The first-order chi connectivity index (χ1) is 9.34. The molecule has 1 N–H and O–H groups in total. The van der Waals surface area contributed by atoms with Crippen molar-refractivity contribution in [3.05, 3.63) is 29.8 Å². The smallest absolute Gasteiger partial charge is 0.243 e. The van der Waals surface area contributed by atoms with Crippen LogP contribution in [0.25, 0.3) is 0 Å². The van der Waals surface area contributed by atoms with Crippen molar-refractivity contribution < 1.29 is 13.5 Å². The van der Waals surface area contributed by atoms with E-state index in [1.54, 1.807) is 35.5 Å². The van der Waals surface area contributed by atoms with Gasteiger partial charge in [0.25, 0.3) is 0 Å². The maximum Gasteiger partial charge on any atom is 0.243 e. The second kappa shape index (κ2) is 5.84. The molecule has 0 radical (unpaired) electrons. The Balaban J connectivity index is 2.41. The van der Waals surface area contributed by atoms with E-state index in [4.69, 9.17) is 0 Å². The molecule has 0 bridgehead atoms. The van der Waals surface area contributed by atoms with Gasteiger partial charge in [0.15, 0.2) is 0 Å². The first kappa shape index (κ1) is 15.5. The molecular formula is C15H23NO3S. The van der Waals surface area contributed by atoms with Crippen molar-refractivity contribution in [3.8, 4) is 0 Å². The number of sulfonamides is 1. The molecule has 5 heteroatoms. The number of aliphatic hydroxyl groups is 1. The molecule has 2 rings (SSSR count). The molecule has 0 spiro atoms. The topological polar surface area (TPSA) is 57.6 Å². The van der Waals surface area contributed by atoms with Gasteiger partial charge in [0.2, 0.25) is 10.0 Å². The Labute approximate surface area is 121 Å². The van der Waals surface area contributed by atoms with Gasteiger partial charge in [-0.1, -0.05) is 18.6 Å². The second-order valence-corrected chi connectivity index (χ2v) is 7.56. The van der Waals surface area contributed by atoms with E-state index < -0.39 is 16.1 Å². The van der Waals surface area contributed by atoms with Gasteiger partial charge < -0.3 is 5.11 Å². The van der Waals surface area contributed by atoms with E-state index in [2.05, 4.69) is 0 Å². The van der Waals surface area contributed by atoms with Gasteiger partial charge in [-0.25, -0.2) is 8.42 Å². The highest BCUT2D eigenvalue weighted by Crippen LogP contribution is 2.30. The number of rotatable bonds is 3. The average molecular weight is 297 g/mol. The summed E-state index contributed by atoms with van der Waals surface area (Å²) >= 11 is 0. The van der Waals surface area contributed by atoms with Gasteiger partial charge >= 0.3 is 0 Å². The number of hydrogen-bond acceptors (Lipinski definition) is 3. The maximum atomic E-state index is 12.8. The summed E-state index contributed by atoms with van der Waals surface area (Å²) in [5.74, 6) is 0. The fraction of sp³-hybridized carbons (Fsp3) is 0.600. The van der Waals surface area contributed by atoms with E-state index in [9.17, 15) is 13.5 Å². The third-order valence-corrected chi connectivity index (χ3v) is 6.15. The highest BCUT2D eigenvalue weighted by molar-refractivity contribution is 7.89.